The summed E-state index contributed by atoms with van der Waals surface area (Å²) >= 11 is 0. The summed E-state index contributed by atoms with van der Waals surface area (Å²) in [6.45, 7) is 4.59. The second-order valence-electron chi connectivity index (χ2n) is 8.92. The second-order valence-corrected chi connectivity index (χ2v) is 11.2. The number of piperazine rings is 1. The number of hydrogen-bond acceptors (Lipinski definition) is 5. The molecule has 2 saturated heterocycles. The van der Waals surface area contributed by atoms with Crippen LogP contribution in [0, 0.1) is 6.92 Å². The minimum absolute atomic E-state index is 0.0362. The van der Waals surface area contributed by atoms with E-state index in [4.69, 9.17) is 5.10 Å². The summed E-state index contributed by atoms with van der Waals surface area (Å²) in [7, 11) is -2.91. The monoisotopic (exact) mass is 464 g/mol. The molecule has 0 bridgehead atoms. The average molecular weight is 465 g/mol. The summed E-state index contributed by atoms with van der Waals surface area (Å²) in [6, 6.07) is 17.9. The van der Waals surface area contributed by atoms with E-state index in [1.165, 1.54) is 5.56 Å². The molecule has 0 N–H and O–H groups in total. The molecule has 8 heteroatoms. The molecule has 1 aromatic heterocycles. The van der Waals surface area contributed by atoms with Gasteiger partial charge in [-0.3, -0.25) is 9.69 Å². The largest absolute Gasteiger partial charge is 0.336 e. The Morgan fingerprint density at radius 3 is 2.30 bits per heavy atom. The molecule has 1 unspecified atom stereocenters. The van der Waals surface area contributed by atoms with Crippen LogP contribution in [0.1, 0.15) is 22.3 Å². The predicted molar refractivity (Wildman–Crippen MR) is 128 cm³/mol. The van der Waals surface area contributed by atoms with Crippen molar-refractivity contribution in [3.63, 3.8) is 0 Å². The SMILES string of the molecule is Cc1ccc(-n2cc(C(=O)N3CCN(C4CCS(=O)(=O)C4)CC3)c(-c3ccccc3)n2)cc1. The zero-order valence-electron chi connectivity index (χ0n) is 18.7. The highest BCUT2D eigenvalue weighted by Gasteiger charge is 2.35. The van der Waals surface area contributed by atoms with E-state index in [2.05, 4.69) is 4.90 Å². The number of aromatic nitrogens is 2. The molecular weight excluding hydrogens is 436 g/mol. The van der Waals surface area contributed by atoms with Gasteiger partial charge in [-0.05, 0) is 25.5 Å². The third kappa shape index (κ3) is 4.58. The fraction of sp³-hybridized carbons (Fsp3) is 0.360. The van der Waals surface area contributed by atoms with Crippen LogP contribution in [-0.4, -0.2) is 77.6 Å². The van der Waals surface area contributed by atoms with Crippen molar-refractivity contribution in [3.05, 3.63) is 71.9 Å². The number of aryl methyl sites for hydroxylation is 1. The first kappa shape index (κ1) is 21.9. The normalized spacial score (nSPS) is 20.8. The third-order valence-electron chi connectivity index (χ3n) is 6.62. The summed E-state index contributed by atoms with van der Waals surface area (Å²) in [5.74, 6) is 0.476. The number of hydrogen-bond donors (Lipinski definition) is 0. The Kier molecular flexibility index (Phi) is 5.80. The molecule has 1 amide bonds. The summed E-state index contributed by atoms with van der Waals surface area (Å²) < 4.78 is 25.5. The molecule has 0 aliphatic carbocycles. The van der Waals surface area contributed by atoms with Gasteiger partial charge >= 0.3 is 0 Å². The average Bonchev–Trinajstić information content (AvgIpc) is 3.43. The van der Waals surface area contributed by atoms with Gasteiger partial charge in [-0.25, -0.2) is 13.1 Å². The molecule has 0 saturated carbocycles. The van der Waals surface area contributed by atoms with Crippen molar-refractivity contribution in [2.75, 3.05) is 37.7 Å². The number of rotatable bonds is 4. The minimum atomic E-state index is -2.91. The van der Waals surface area contributed by atoms with Gasteiger partial charge in [0.1, 0.15) is 5.69 Å². The van der Waals surface area contributed by atoms with Gasteiger partial charge < -0.3 is 4.90 Å². The Labute approximate surface area is 194 Å². The maximum Gasteiger partial charge on any atom is 0.257 e. The molecular formula is C25H28N4O3S. The maximum absolute atomic E-state index is 13.6. The number of carbonyl (C=O) groups is 1. The van der Waals surface area contributed by atoms with Crippen molar-refractivity contribution in [1.82, 2.24) is 19.6 Å². The van der Waals surface area contributed by atoms with Crippen LogP contribution >= 0.6 is 0 Å². The molecule has 2 aliphatic heterocycles. The van der Waals surface area contributed by atoms with Gasteiger partial charge in [0.15, 0.2) is 9.84 Å². The highest BCUT2D eigenvalue weighted by Crippen LogP contribution is 2.26. The van der Waals surface area contributed by atoms with Crippen LogP contribution in [0.3, 0.4) is 0 Å². The number of amides is 1. The van der Waals surface area contributed by atoms with Crippen molar-refractivity contribution in [2.45, 2.75) is 19.4 Å². The molecule has 33 heavy (non-hydrogen) atoms. The highest BCUT2D eigenvalue weighted by atomic mass is 32.2. The van der Waals surface area contributed by atoms with E-state index in [1.54, 1.807) is 4.68 Å². The van der Waals surface area contributed by atoms with E-state index >= 15 is 0 Å². The zero-order valence-corrected chi connectivity index (χ0v) is 19.5. The van der Waals surface area contributed by atoms with Crippen molar-refractivity contribution in [2.24, 2.45) is 0 Å². The van der Waals surface area contributed by atoms with Gasteiger partial charge in [-0.1, -0.05) is 48.0 Å². The Morgan fingerprint density at radius 1 is 0.970 bits per heavy atom. The first-order chi connectivity index (χ1) is 15.9. The molecule has 172 valence electrons. The fourth-order valence-corrected chi connectivity index (χ4v) is 6.45. The van der Waals surface area contributed by atoms with Crippen LogP contribution in [0.15, 0.2) is 60.8 Å². The van der Waals surface area contributed by atoms with Crippen molar-refractivity contribution < 1.29 is 13.2 Å². The van der Waals surface area contributed by atoms with E-state index in [1.807, 2.05) is 72.6 Å². The second kappa shape index (κ2) is 8.76. The van der Waals surface area contributed by atoms with Gasteiger partial charge in [-0.2, -0.15) is 5.10 Å². The Morgan fingerprint density at radius 2 is 1.67 bits per heavy atom. The minimum Gasteiger partial charge on any atom is -0.336 e. The van der Waals surface area contributed by atoms with Crippen LogP contribution in [0.5, 0.6) is 0 Å². The van der Waals surface area contributed by atoms with Crippen LogP contribution < -0.4 is 0 Å². The molecule has 0 radical (unpaired) electrons. The zero-order chi connectivity index (χ0) is 23.0. The van der Waals surface area contributed by atoms with Crippen molar-refractivity contribution >= 4 is 15.7 Å². The Hall–Kier alpha value is -2.97. The van der Waals surface area contributed by atoms with Gasteiger partial charge in [0.25, 0.3) is 5.91 Å². The van der Waals surface area contributed by atoms with Crippen molar-refractivity contribution in [1.29, 1.82) is 0 Å². The van der Waals surface area contributed by atoms with Crippen LogP contribution in [0.4, 0.5) is 0 Å². The lowest BCUT2D eigenvalue weighted by molar-refractivity contribution is 0.0588. The van der Waals surface area contributed by atoms with Gasteiger partial charge in [0.2, 0.25) is 0 Å². The summed E-state index contributed by atoms with van der Waals surface area (Å²) in [5, 5.41) is 4.78. The maximum atomic E-state index is 13.6. The molecule has 7 nitrogen and oxygen atoms in total. The number of carbonyl (C=O) groups excluding carboxylic acids is 1. The van der Waals surface area contributed by atoms with E-state index in [0.29, 0.717) is 43.9 Å². The molecule has 0 spiro atoms. The highest BCUT2D eigenvalue weighted by molar-refractivity contribution is 7.91. The summed E-state index contributed by atoms with van der Waals surface area (Å²) in [4.78, 5) is 17.7. The Bertz CT molecular complexity index is 1240. The number of benzene rings is 2. The molecule has 1 atom stereocenters. The first-order valence-corrected chi connectivity index (χ1v) is 13.2. The standard InChI is InChI=1S/C25H28N4O3S/c1-19-7-9-21(10-8-19)29-17-23(24(26-29)20-5-3-2-4-6-20)25(30)28-14-12-27(13-15-28)22-11-16-33(31,32)18-22/h2-10,17,22H,11-16,18H2,1H3. The number of nitrogens with zero attached hydrogens (tertiary/aromatic N) is 4. The lowest BCUT2D eigenvalue weighted by atomic mass is 10.1. The molecule has 2 fully saturated rings. The van der Waals surface area contributed by atoms with Gasteiger partial charge in [0.05, 0.1) is 22.8 Å². The quantitative estimate of drug-likeness (QED) is 0.594. The lowest BCUT2D eigenvalue weighted by Gasteiger charge is -2.37. The van der Waals surface area contributed by atoms with E-state index < -0.39 is 9.84 Å². The van der Waals surface area contributed by atoms with E-state index in [9.17, 15) is 13.2 Å². The predicted octanol–water partition coefficient (Wildman–Crippen LogP) is 2.79. The Balaban J connectivity index is 1.39. The summed E-state index contributed by atoms with van der Waals surface area (Å²) in [5.41, 5.74) is 4.23. The molecule has 2 aliphatic rings. The third-order valence-corrected chi connectivity index (χ3v) is 8.37. The topological polar surface area (TPSA) is 75.5 Å². The van der Waals surface area contributed by atoms with E-state index in [-0.39, 0.29) is 23.5 Å². The van der Waals surface area contributed by atoms with Crippen LogP contribution in [-0.2, 0) is 9.84 Å². The number of sulfone groups is 1. The van der Waals surface area contributed by atoms with E-state index in [0.717, 1.165) is 11.3 Å². The van der Waals surface area contributed by atoms with Gasteiger partial charge in [-0.15, -0.1) is 0 Å². The fourth-order valence-electron chi connectivity index (χ4n) is 4.69. The first-order valence-electron chi connectivity index (χ1n) is 11.4. The molecule has 3 aromatic rings. The molecule has 5 rings (SSSR count). The molecule has 2 aromatic carbocycles. The molecule has 3 heterocycles. The lowest BCUT2D eigenvalue weighted by Crippen LogP contribution is -2.52. The summed E-state index contributed by atoms with van der Waals surface area (Å²) in [6.07, 6.45) is 2.52. The van der Waals surface area contributed by atoms with Crippen molar-refractivity contribution in [3.8, 4) is 16.9 Å². The van der Waals surface area contributed by atoms with Crippen LogP contribution in [0.2, 0.25) is 0 Å². The van der Waals surface area contributed by atoms with Gasteiger partial charge in [0, 0.05) is 44.0 Å². The van der Waals surface area contributed by atoms with Crippen LogP contribution in [0.25, 0.3) is 16.9 Å². The smallest absolute Gasteiger partial charge is 0.257 e.